The van der Waals surface area contributed by atoms with E-state index in [1.807, 2.05) is 30.1 Å². The highest BCUT2D eigenvalue weighted by Crippen LogP contribution is 2.59. The number of nitrogens with zero attached hydrogens (tertiary/aromatic N) is 3. The van der Waals surface area contributed by atoms with Gasteiger partial charge in [0.2, 0.25) is 11.8 Å². The van der Waals surface area contributed by atoms with E-state index in [1.165, 1.54) is 12.8 Å². The van der Waals surface area contributed by atoms with E-state index in [0.29, 0.717) is 24.8 Å². The lowest BCUT2D eigenvalue weighted by molar-refractivity contribution is -0.133. The van der Waals surface area contributed by atoms with Gasteiger partial charge >= 0.3 is 0 Å². The first kappa shape index (κ1) is 15.6. The van der Waals surface area contributed by atoms with Crippen LogP contribution in [0.15, 0.2) is 24.4 Å². The second-order valence-corrected chi connectivity index (χ2v) is 7.85. The first-order chi connectivity index (χ1) is 11.6. The van der Waals surface area contributed by atoms with Gasteiger partial charge < -0.3 is 9.80 Å². The van der Waals surface area contributed by atoms with E-state index in [-0.39, 0.29) is 17.2 Å². The summed E-state index contributed by atoms with van der Waals surface area (Å²) >= 11 is 0. The van der Waals surface area contributed by atoms with Crippen molar-refractivity contribution in [3.63, 3.8) is 0 Å². The molecule has 2 aliphatic carbocycles. The topological polar surface area (TPSA) is 53.5 Å². The first-order valence-corrected chi connectivity index (χ1v) is 9.00. The highest BCUT2D eigenvalue weighted by atomic mass is 16.2. The fourth-order valence-electron chi connectivity index (χ4n) is 4.03. The van der Waals surface area contributed by atoms with Gasteiger partial charge in [-0.3, -0.25) is 14.6 Å². The van der Waals surface area contributed by atoms with Gasteiger partial charge in [-0.15, -0.1) is 0 Å². The van der Waals surface area contributed by atoms with Crippen LogP contribution in [0.5, 0.6) is 0 Å². The molecule has 128 valence electrons. The maximum Gasteiger partial charge on any atom is 0.226 e. The zero-order chi connectivity index (χ0) is 16.7. The Morgan fingerprint density at radius 1 is 1.38 bits per heavy atom. The van der Waals surface area contributed by atoms with Crippen molar-refractivity contribution >= 4 is 11.8 Å². The summed E-state index contributed by atoms with van der Waals surface area (Å²) in [6, 6.07) is 5.77. The predicted octanol–water partition coefficient (Wildman–Crippen LogP) is 2.08. The Hall–Kier alpha value is -1.91. The summed E-state index contributed by atoms with van der Waals surface area (Å²) in [5.41, 5.74) is 0.977. The van der Waals surface area contributed by atoms with E-state index in [1.54, 1.807) is 11.1 Å². The van der Waals surface area contributed by atoms with Crippen LogP contribution >= 0.6 is 0 Å². The molecule has 2 saturated carbocycles. The average Bonchev–Trinajstić information content (AvgIpc) is 3.46. The SMILES string of the molecule is CN(Cc1ccccn1)C(=O)C1CC12CCN(C(=O)CC1CC1)C2. The molecule has 0 bridgehead atoms. The van der Waals surface area contributed by atoms with Crippen LogP contribution in [0.4, 0.5) is 0 Å². The Bertz CT molecular complexity index is 643. The third-order valence-corrected chi connectivity index (χ3v) is 5.89. The lowest BCUT2D eigenvalue weighted by Gasteiger charge is -2.19. The van der Waals surface area contributed by atoms with Crippen LogP contribution in [0, 0.1) is 17.3 Å². The Balaban J connectivity index is 1.32. The van der Waals surface area contributed by atoms with Gasteiger partial charge in [0.25, 0.3) is 0 Å². The molecule has 3 aliphatic rings. The fourth-order valence-corrected chi connectivity index (χ4v) is 4.03. The maximum atomic E-state index is 12.7. The van der Waals surface area contributed by atoms with Crippen molar-refractivity contribution in [2.75, 3.05) is 20.1 Å². The Morgan fingerprint density at radius 2 is 2.21 bits per heavy atom. The molecule has 5 heteroatoms. The summed E-state index contributed by atoms with van der Waals surface area (Å²) in [7, 11) is 1.86. The fraction of sp³-hybridized carbons (Fsp3) is 0.632. The summed E-state index contributed by atoms with van der Waals surface area (Å²) in [5, 5.41) is 0. The minimum Gasteiger partial charge on any atom is -0.342 e. The quantitative estimate of drug-likeness (QED) is 0.832. The van der Waals surface area contributed by atoms with Gasteiger partial charge in [0.05, 0.1) is 12.2 Å². The first-order valence-electron chi connectivity index (χ1n) is 9.00. The van der Waals surface area contributed by atoms with Crippen LogP contribution in [-0.4, -0.2) is 46.7 Å². The number of hydrogen-bond donors (Lipinski definition) is 0. The number of pyridine rings is 1. The summed E-state index contributed by atoms with van der Waals surface area (Å²) in [4.78, 5) is 33.1. The Labute approximate surface area is 143 Å². The van der Waals surface area contributed by atoms with E-state index in [2.05, 4.69) is 4.98 Å². The van der Waals surface area contributed by atoms with Crippen molar-refractivity contribution in [1.29, 1.82) is 0 Å². The highest BCUT2D eigenvalue weighted by Gasteiger charge is 2.61. The van der Waals surface area contributed by atoms with Crippen molar-refractivity contribution in [3.8, 4) is 0 Å². The number of aromatic nitrogens is 1. The monoisotopic (exact) mass is 327 g/mol. The zero-order valence-electron chi connectivity index (χ0n) is 14.3. The standard InChI is InChI=1S/C19H25N3O2/c1-21(12-15-4-2-3-8-20-15)18(24)16-11-19(16)7-9-22(13-19)17(23)10-14-5-6-14/h2-4,8,14,16H,5-7,9-13H2,1H3. The van der Waals surface area contributed by atoms with Gasteiger partial charge in [-0.2, -0.15) is 0 Å². The summed E-state index contributed by atoms with van der Waals surface area (Å²) in [5.74, 6) is 1.23. The normalized spacial score (nSPS) is 28.2. The second-order valence-electron chi connectivity index (χ2n) is 7.85. The van der Waals surface area contributed by atoms with Gasteiger partial charge in [-0.05, 0) is 43.7 Å². The van der Waals surface area contributed by atoms with Crippen LogP contribution in [0.25, 0.3) is 0 Å². The number of carbonyl (C=O) groups is 2. The van der Waals surface area contributed by atoms with Crippen LogP contribution in [0.3, 0.4) is 0 Å². The Kier molecular flexibility index (Phi) is 3.82. The molecule has 1 spiro atoms. The highest BCUT2D eigenvalue weighted by molar-refractivity contribution is 5.83. The minimum absolute atomic E-state index is 0.0642. The van der Waals surface area contributed by atoms with Gasteiger partial charge in [-0.1, -0.05) is 6.07 Å². The molecule has 2 heterocycles. The third kappa shape index (κ3) is 3.04. The van der Waals surface area contributed by atoms with Gasteiger partial charge in [0.1, 0.15) is 0 Å². The van der Waals surface area contributed by atoms with E-state index >= 15 is 0 Å². The number of amides is 2. The predicted molar refractivity (Wildman–Crippen MR) is 89.8 cm³/mol. The summed E-state index contributed by atoms with van der Waals surface area (Å²) in [6.07, 6.45) is 6.82. The van der Waals surface area contributed by atoms with Crippen molar-refractivity contribution in [3.05, 3.63) is 30.1 Å². The molecule has 2 amide bonds. The molecule has 1 saturated heterocycles. The molecule has 2 unspecified atom stereocenters. The summed E-state index contributed by atoms with van der Waals surface area (Å²) in [6.45, 7) is 2.17. The smallest absolute Gasteiger partial charge is 0.226 e. The molecule has 1 aromatic heterocycles. The van der Waals surface area contributed by atoms with Crippen LogP contribution in [0.2, 0.25) is 0 Å². The average molecular weight is 327 g/mol. The van der Waals surface area contributed by atoms with Gasteiger partial charge in [0, 0.05) is 44.1 Å². The van der Waals surface area contributed by atoms with E-state index < -0.39 is 0 Å². The summed E-state index contributed by atoms with van der Waals surface area (Å²) < 4.78 is 0. The molecule has 3 fully saturated rings. The number of hydrogen-bond acceptors (Lipinski definition) is 3. The Morgan fingerprint density at radius 3 is 2.92 bits per heavy atom. The molecule has 24 heavy (non-hydrogen) atoms. The number of rotatable bonds is 5. The van der Waals surface area contributed by atoms with Gasteiger partial charge in [-0.25, -0.2) is 0 Å². The third-order valence-electron chi connectivity index (χ3n) is 5.89. The minimum atomic E-state index is 0.0642. The number of likely N-dealkylation sites (tertiary alicyclic amines) is 1. The van der Waals surface area contributed by atoms with E-state index in [4.69, 9.17) is 0 Å². The van der Waals surface area contributed by atoms with Crippen molar-refractivity contribution < 1.29 is 9.59 Å². The van der Waals surface area contributed by atoms with E-state index in [0.717, 1.165) is 31.6 Å². The largest absolute Gasteiger partial charge is 0.342 e. The molecule has 4 rings (SSSR count). The maximum absolute atomic E-state index is 12.7. The van der Waals surface area contributed by atoms with E-state index in [9.17, 15) is 9.59 Å². The molecule has 0 aromatic carbocycles. The molecular weight excluding hydrogens is 302 g/mol. The van der Waals surface area contributed by atoms with Crippen molar-refractivity contribution in [1.82, 2.24) is 14.8 Å². The zero-order valence-corrected chi connectivity index (χ0v) is 14.3. The van der Waals surface area contributed by atoms with Gasteiger partial charge in [0.15, 0.2) is 0 Å². The molecule has 5 nitrogen and oxygen atoms in total. The molecule has 0 radical (unpaired) electrons. The lowest BCUT2D eigenvalue weighted by Crippen LogP contribution is -2.32. The van der Waals surface area contributed by atoms with Crippen LogP contribution in [0.1, 0.15) is 37.8 Å². The van der Waals surface area contributed by atoms with Crippen molar-refractivity contribution in [2.45, 2.75) is 38.6 Å². The van der Waals surface area contributed by atoms with Crippen LogP contribution in [-0.2, 0) is 16.1 Å². The molecular formula is C19H25N3O2. The lowest BCUT2D eigenvalue weighted by atomic mass is 10.0. The van der Waals surface area contributed by atoms with Crippen molar-refractivity contribution in [2.24, 2.45) is 17.3 Å². The van der Waals surface area contributed by atoms with Crippen LogP contribution < -0.4 is 0 Å². The second kappa shape index (κ2) is 5.87. The molecule has 2 atom stereocenters. The molecule has 1 aromatic rings. The number of carbonyl (C=O) groups excluding carboxylic acids is 2. The molecule has 0 N–H and O–H groups in total. The molecule has 1 aliphatic heterocycles.